The van der Waals surface area contributed by atoms with Gasteiger partial charge in [0.25, 0.3) is 0 Å². The molecule has 1 aromatic rings. The standard InChI is InChI=1S/C14H19F2NS/c1-3-4-17-14-9(2)7-18-8-10-5-11(15)6-12(16)13(10)14/h5-6,9,14,17H,3-4,7-8H2,1-2H3. The second kappa shape index (κ2) is 6.02. The summed E-state index contributed by atoms with van der Waals surface area (Å²) in [4.78, 5) is 0. The van der Waals surface area contributed by atoms with Crippen molar-refractivity contribution in [2.45, 2.75) is 32.1 Å². The smallest absolute Gasteiger partial charge is 0.131 e. The lowest BCUT2D eigenvalue weighted by Crippen LogP contribution is -2.29. The quantitative estimate of drug-likeness (QED) is 0.895. The number of rotatable bonds is 3. The van der Waals surface area contributed by atoms with Crippen molar-refractivity contribution >= 4 is 11.8 Å². The maximum atomic E-state index is 14.1. The van der Waals surface area contributed by atoms with Crippen LogP contribution in [0.15, 0.2) is 12.1 Å². The first-order valence-corrected chi connectivity index (χ1v) is 7.58. The minimum Gasteiger partial charge on any atom is -0.310 e. The van der Waals surface area contributed by atoms with E-state index in [9.17, 15) is 8.78 Å². The van der Waals surface area contributed by atoms with E-state index in [4.69, 9.17) is 0 Å². The largest absolute Gasteiger partial charge is 0.310 e. The van der Waals surface area contributed by atoms with Gasteiger partial charge in [0.15, 0.2) is 0 Å². The Morgan fingerprint density at radius 2 is 2.17 bits per heavy atom. The van der Waals surface area contributed by atoms with Crippen molar-refractivity contribution in [1.29, 1.82) is 0 Å². The van der Waals surface area contributed by atoms with E-state index in [1.54, 1.807) is 11.8 Å². The molecule has 1 aliphatic heterocycles. The van der Waals surface area contributed by atoms with Crippen molar-refractivity contribution in [3.05, 3.63) is 34.9 Å². The number of fused-ring (bicyclic) bond motifs is 1. The van der Waals surface area contributed by atoms with Crippen molar-refractivity contribution in [3.8, 4) is 0 Å². The third-order valence-electron chi connectivity index (χ3n) is 3.31. The van der Waals surface area contributed by atoms with Crippen LogP contribution in [0, 0.1) is 17.6 Å². The van der Waals surface area contributed by atoms with Gasteiger partial charge in [-0.15, -0.1) is 0 Å². The monoisotopic (exact) mass is 271 g/mol. The molecule has 0 aromatic heterocycles. The van der Waals surface area contributed by atoms with Gasteiger partial charge in [-0.25, -0.2) is 8.78 Å². The Morgan fingerprint density at radius 3 is 2.89 bits per heavy atom. The summed E-state index contributed by atoms with van der Waals surface area (Å²) in [7, 11) is 0. The molecule has 0 saturated heterocycles. The fourth-order valence-electron chi connectivity index (χ4n) is 2.44. The maximum Gasteiger partial charge on any atom is 0.131 e. The molecule has 100 valence electrons. The minimum atomic E-state index is -0.476. The Bertz CT molecular complexity index is 423. The third kappa shape index (κ3) is 2.86. The van der Waals surface area contributed by atoms with Crippen LogP contribution in [0.2, 0.25) is 0 Å². The first-order chi connectivity index (χ1) is 8.63. The van der Waals surface area contributed by atoms with Crippen molar-refractivity contribution in [2.75, 3.05) is 12.3 Å². The Balaban J connectivity index is 2.40. The third-order valence-corrected chi connectivity index (χ3v) is 4.59. The fraction of sp³-hybridized carbons (Fsp3) is 0.571. The van der Waals surface area contributed by atoms with Gasteiger partial charge in [-0.3, -0.25) is 0 Å². The Morgan fingerprint density at radius 1 is 1.39 bits per heavy atom. The van der Waals surface area contributed by atoms with Crippen LogP contribution in [0.3, 0.4) is 0 Å². The minimum absolute atomic E-state index is 0.00412. The van der Waals surface area contributed by atoms with E-state index in [-0.39, 0.29) is 6.04 Å². The molecule has 1 aromatic carbocycles. The number of halogens is 2. The molecule has 1 heterocycles. The summed E-state index contributed by atoms with van der Waals surface area (Å²) in [6, 6.07) is 2.47. The molecule has 1 aliphatic rings. The highest BCUT2D eigenvalue weighted by atomic mass is 32.2. The molecule has 0 bridgehead atoms. The van der Waals surface area contributed by atoms with Crippen LogP contribution in [-0.4, -0.2) is 12.3 Å². The van der Waals surface area contributed by atoms with Gasteiger partial charge in [0, 0.05) is 23.4 Å². The average molecular weight is 271 g/mol. The van der Waals surface area contributed by atoms with Crippen LogP contribution < -0.4 is 5.32 Å². The molecular weight excluding hydrogens is 252 g/mol. The van der Waals surface area contributed by atoms with E-state index in [0.717, 1.165) is 30.3 Å². The molecule has 1 N–H and O–H groups in total. The number of nitrogens with one attached hydrogen (secondary N) is 1. The second-order valence-corrected chi connectivity index (χ2v) is 5.91. The predicted octanol–water partition coefficient (Wildman–Crippen LogP) is 3.89. The van der Waals surface area contributed by atoms with Crippen molar-refractivity contribution in [1.82, 2.24) is 5.32 Å². The highest BCUT2D eigenvalue weighted by Crippen LogP contribution is 2.36. The summed E-state index contributed by atoms with van der Waals surface area (Å²) in [6.45, 7) is 5.07. The second-order valence-electron chi connectivity index (χ2n) is 4.88. The zero-order valence-electron chi connectivity index (χ0n) is 10.8. The number of thioether (sulfide) groups is 1. The lowest BCUT2D eigenvalue weighted by molar-refractivity contribution is 0.401. The van der Waals surface area contributed by atoms with E-state index < -0.39 is 11.6 Å². The highest BCUT2D eigenvalue weighted by molar-refractivity contribution is 7.98. The topological polar surface area (TPSA) is 12.0 Å². The van der Waals surface area contributed by atoms with Gasteiger partial charge in [0.1, 0.15) is 11.6 Å². The number of hydrogen-bond donors (Lipinski definition) is 1. The first kappa shape index (κ1) is 13.8. The zero-order valence-corrected chi connectivity index (χ0v) is 11.6. The van der Waals surface area contributed by atoms with Gasteiger partial charge in [-0.1, -0.05) is 13.8 Å². The van der Waals surface area contributed by atoms with E-state index in [0.29, 0.717) is 17.2 Å². The Hall–Kier alpha value is -0.610. The molecule has 0 fully saturated rings. The summed E-state index contributed by atoms with van der Waals surface area (Å²) < 4.78 is 27.4. The summed E-state index contributed by atoms with van der Waals surface area (Å²) in [5, 5.41) is 3.40. The summed E-state index contributed by atoms with van der Waals surface area (Å²) >= 11 is 1.75. The zero-order chi connectivity index (χ0) is 13.1. The molecule has 0 amide bonds. The van der Waals surface area contributed by atoms with Gasteiger partial charge >= 0.3 is 0 Å². The number of hydrogen-bond acceptors (Lipinski definition) is 2. The van der Waals surface area contributed by atoms with E-state index in [1.165, 1.54) is 6.07 Å². The average Bonchev–Trinajstić information content (AvgIpc) is 2.46. The van der Waals surface area contributed by atoms with Crippen LogP contribution in [0.25, 0.3) is 0 Å². The van der Waals surface area contributed by atoms with Crippen LogP contribution in [0.4, 0.5) is 8.78 Å². The van der Waals surface area contributed by atoms with Gasteiger partial charge in [-0.05, 0) is 36.3 Å². The van der Waals surface area contributed by atoms with Crippen molar-refractivity contribution in [3.63, 3.8) is 0 Å². The van der Waals surface area contributed by atoms with Gasteiger partial charge in [0.2, 0.25) is 0 Å². The summed E-state index contributed by atoms with van der Waals surface area (Å²) in [5.74, 6) is 1.13. The predicted molar refractivity (Wildman–Crippen MR) is 72.7 cm³/mol. The first-order valence-electron chi connectivity index (χ1n) is 6.42. The van der Waals surface area contributed by atoms with E-state index in [2.05, 4.69) is 19.2 Å². The molecule has 2 atom stereocenters. The molecule has 0 aliphatic carbocycles. The van der Waals surface area contributed by atoms with Crippen LogP contribution in [0.5, 0.6) is 0 Å². The Kier molecular flexibility index (Phi) is 4.62. The lowest BCUT2D eigenvalue weighted by Gasteiger charge is -2.25. The van der Waals surface area contributed by atoms with Crippen LogP contribution >= 0.6 is 11.8 Å². The fourth-order valence-corrected chi connectivity index (χ4v) is 3.59. The van der Waals surface area contributed by atoms with Crippen molar-refractivity contribution < 1.29 is 8.78 Å². The lowest BCUT2D eigenvalue weighted by atomic mass is 9.92. The van der Waals surface area contributed by atoms with Gasteiger partial charge in [0.05, 0.1) is 0 Å². The van der Waals surface area contributed by atoms with Gasteiger partial charge in [-0.2, -0.15) is 11.8 Å². The molecule has 4 heteroatoms. The van der Waals surface area contributed by atoms with Crippen LogP contribution in [-0.2, 0) is 5.75 Å². The van der Waals surface area contributed by atoms with E-state index >= 15 is 0 Å². The molecule has 2 rings (SSSR count). The molecule has 0 saturated carbocycles. The molecule has 0 spiro atoms. The molecule has 2 unspecified atom stereocenters. The van der Waals surface area contributed by atoms with Crippen molar-refractivity contribution in [2.24, 2.45) is 5.92 Å². The normalized spacial score (nSPS) is 23.6. The Labute approximate surface area is 111 Å². The highest BCUT2D eigenvalue weighted by Gasteiger charge is 2.27. The molecule has 1 nitrogen and oxygen atoms in total. The molecule has 0 radical (unpaired) electrons. The maximum absolute atomic E-state index is 14.1. The molecular formula is C14H19F2NS. The summed E-state index contributed by atoms with van der Waals surface area (Å²) in [5.41, 5.74) is 1.47. The van der Waals surface area contributed by atoms with Gasteiger partial charge < -0.3 is 5.32 Å². The number of benzene rings is 1. The molecule has 18 heavy (non-hydrogen) atoms. The summed E-state index contributed by atoms with van der Waals surface area (Å²) in [6.07, 6.45) is 1.01. The SMILES string of the molecule is CCCNC1c2c(F)cc(F)cc2CSCC1C. The van der Waals surface area contributed by atoms with E-state index in [1.807, 2.05) is 0 Å². The van der Waals surface area contributed by atoms with Crippen LogP contribution in [0.1, 0.15) is 37.4 Å².